The van der Waals surface area contributed by atoms with Crippen LogP contribution >= 0.6 is 0 Å². The van der Waals surface area contributed by atoms with Crippen LogP contribution in [-0.4, -0.2) is 24.6 Å². The van der Waals surface area contributed by atoms with E-state index in [1.165, 1.54) is 6.21 Å². The number of carbonyl (C=O) groups excluding carboxylic acids is 2. The number of Topliss-reactive ketones (excluding diaryl/α,β-unsaturated/α-hetero) is 1. The second kappa shape index (κ2) is 6.87. The van der Waals surface area contributed by atoms with Crippen LogP contribution in [0.3, 0.4) is 0 Å². The van der Waals surface area contributed by atoms with Crippen molar-refractivity contribution in [2.75, 3.05) is 6.61 Å². The maximum atomic E-state index is 12.0. The third kappa shape index (κ3) is 3.53. The molecule has 1 N–H and O–H groups in total. The molecule has 0 spiro atoms. The van der Waals surface area contributed by atoms with Crippen molar-refractivity contribution in [2.24, 2.45) is 0 Å². The molecule has 0 unspecified atom stereocenters. The molecule has 0 amide bonds. The van der Waals surface area contributed by atoms with E-state index in [-0.39, 0.29) is 18.2 Å². The molecule has 5 nitrogen and oxygen atoms in total. The molecule has 0 aliphatic heterocycles. The number of nitrogens with one attached hydrogen (secondary N) is 1. The number of hydrogen-bond donors (Lipinski definition) is 1. The van der Waals surface area contributed by atoms with Crippen LogP contribution in [-0.2, 0) is 4.74 Å². The molecular weight excluding hydrogens is 246 g/mol. The smallest absolute Gasteiger partial charge is 0.341 e. The monoisotopic (exact) mass is 265 g/mol. The summed E-state index contributed by atoms with van der Waals surface area (Å²) in [6.45, 7) is 5.35. The highest BCUT2D eigenvalue weighted by atomic mass is 16.5. The number of rotatable bonds is 7. The normalized spacial score (nSPS) is 10.3. The summed E-state index contributed by atoms with van der Waals surface area (Å²) >= 11 is 0. The van der Waals surface area contributed by atoms with Crippen molar-refractivity contribution in [3.8, 4) is 0 Å². The van der Waals surface area contributed by atoms with Crippen LogP contribution in [0.1, 0.15) is 58.4 Å². The summed E-state index contributed by atoms with van der Waals surface area (Å²) in [5.74, 6) is 0.0367. The van der Waals surface area contributed by atoms with Gasteiger partial charge in [0.25, 0.3) is 0 Å². The maximum Gasteiger partial charge on any atom is 0.341 e. The molecular formula is C14H19NO4. The zero-order chi connectivity index (χ0) is 14.4. The van der Waals surface area contributed by atoms with Crippen molar-refractivity contribution in [3.05, 3.63) is 22.6 Å². The summed E-state index contributed by atoms with van der Waals surface area (Å²) in [5.41, 5.74) is 0.882. The lowest BCUT2D eigenvalue weighted by atomic mass is 10.1. The van der Waals surface area contributed by atoms with Gasteiger partial charge in [-0.15, -0.1) is 0 Å². The van der Waals surface area contributed by atoms with Crippen molar-refractivity contribution in [1.82, 2.24) is 0 Å². The average Bonchev–Trinajstić information content (AvgIpc) is 2.65. The molecule has 1 aromatic rings. The van der Waals surface area contributed by atoms with E-state index in [0.29, 0.717) is 36.1 Å². The van der Waals surface area contributed by atoms with E-state index in [9.17, 15) is 9.59 Å². The Morgan fingerprint density at radius 1 is 1.37 bits per heavy atom. The number of ketones is 1. The van der Waals surface area contributed by atoms with E-state index in [1.807, 2.05) is 0 Å². The Labute approximate surface area is 112 Å². The van der Waals surface area contributed by atoms with Crippen molar-refractivity contribution in [2.45, 2.75) is 40.0 Å². The van der Waals surface area contributed by atoms with Gasteiger partial charge < -0.3 is 14.6 Å². The summed E-state index contributed by atoms with van der Waals surface area (Å²) in [5, 5.41) is 6.91. The largest absolute Gasteiger partial charge is 0.462 e. The fourth-order valence-electron chi connectivity index (χ4n) is 1.90. The lowest BCUT2D eigenvalue weighted by molar-refractivity contribution is 0.0523. The van der Waals surface area contributed by atoms with Gasteiger partial charge in [-0.05, 0) is 39.8 Å². The van der Waals surface area contributed by atoms with Crippen LogP contribution in [0.2, 0.25) is 0 Å². The van der Waals surface area contributed by atoms with E-state index < -0.39 is 5.97 Å². The van der Waals surface area contributed by atoms with Crippen molar-refractivity contribution in [1.29, 1.82) is 5.41 Å². The Kier molecular flexibility index (Phi) is 5.48. The van der Waals surface area contributed by atoms with Gasteiger partial charge in [0.05, 0.1) is 6.61 Å². The van der Waals surface area contributed by atoms with Gasteiger partial charge in [0, 0.05) is 12.0 Å². The number of hydrogen-bond acceptors (Lipinski definition) is 5. The first kappa shape index (κ1) is 15.1. The van der Waals surface area contributed by atoms with Gasteiger partial charge in [-0.1, -0.05) is 0 Å². The molecule has 0 aromatic carbocycles. The zero-order valence-electron chi connectivity index (χ0n) is 11.5. The Bertz CT molecular complexity index is 488. The summed E-state index contributed by atoms with van der Waals surface area (Å²) in [7, 11) is 0. The van der Waals surface area contributed by atoms with Gasteiger partial charge in [-0.3, -0.25) is 4.79 Å². The highest BCUT2D eigenvalue weighted by Crippen LogP contribution is 2.24. The molecule has 0 saturated heterocycles. The van der Waals surface area contributed by atoms with Gasteiger partial charge in [-0.25, -0.2) is 4.79 Å². The fourth-order valence-corrected chi connectivity index (χ4v) is 1.90. The lowest BCUT2D eigenvalue weighted by Crippen LogP contribution is -2.07. The number of furan rings is 1. The minimum Gasteiger partial charge on any atom is -0.462 e. The molecule has 1 aromatic heterocycles. The van der Waals surface area contributed by atoms with E-state index in [4.69, 9.17) is 14.6 Å². The fraction of sp³-hybridized carbons (Fsp3) is 0.500. The molecule has 0 aliphatic rings. The van der Waals surface area contributed by atoms with Crippen LogP contribution in [0, 0.1) is 19.3 Å². The topological polar surface area (TPSA) is 80.4 Å². The third-order valence-corrected chi connectivity index (χ3v) is 2.81. The van der Waals surface area contributed by atoms with Crippen molar-refractivity contribution >= 4 is 18.0 Å². The number of esters is 1. The van der Waals surface area contributed by atoms with E-state index in [2.05, 4.69) is 0 Å². The third-order valence-electron chi connectivity index (χ3n) is 2.81. The molecule has 5 heteroatoms. The molecule has 0 bridgehead atoms. The number of carbonyl (C=O) groups is 2. The maximum absolute atomic E-state index is 12.0. The quantitative estimate of drug-likeness (QED) is 0.355. The van der Waals surface area contributed by atoms with Crippen LogP contribution in [0.25, 0.3) is 0 Å². The minimum atomic E-state index is -0.459. The second-order valence-electron chi connectivity index (χ2n) is 4.23. The van der Waals surface area contributed by atoms with Crippen molar-refractivity contribution < 1.29 is 18.7 Å². The summed E-state index contributed by atoms with van der Waals surface area (Å²) < 4.78 is 10.3. The van der Waals surface area contributed by atoms with E-state index >= 15 is 0 Å². The molecule has 19 heavy (non-hydrogen) atoms. The zero-order valence-corrected chi connectivity index (χ0v) is 11.5. The van der Waals surface area contributed by atoms with Crippen LogP contribution in [0.15, 0.2) is 4.42 Å². The summed E-state index contributed by atoms with van der Waals surface area (Å²) in [6, 6.07) is 0. The molecule has 1 rings (SSSR count). The first-order valence-electron chi connectivity index (χ1n) is 6.32. The van der Waals surface area contributed by atoms with Gasteiger partial charge in [-0.2, -0.15) is 0 Å². The Morgan fingerprint density at radius 3 is 2.63 bits per heavy atom. The number of aryl methyl sites for hydroxylation is 1. The van der Waals surface area contributed by atoms with Crippen LogP contribution in [0.4, 0.5) is 0 Å². The Morgan fingerprint density at radius 2 is 2.05 bits per heavy atom. The molecule has 0 aliphatic carbocycles. The second-order valence-corrected chi connectivity index (χ2v) is 4.23. The number of unbranched alkanes of at least 4 members (excludes halogenated alkanes) is 1. The van der Waals surface area contributed by atoms with Gasteiger partial charge in [0.15, 0.2) is 11.5 Å². The highest BCUT2D eigenvalue weighted by Gasteiger charge is 2.24. The number of ether oxygens (including phenoxy) is 1. The van der Waals surface area contributed by atoms with Gasteiger partial charge in [0.2, 0.25) is 0 Å². The highest BCUT2D eigenvalue weighted by molar-refractivity contribution is 6.00. The molecule has 0 fully saturated rings. The van der Waals surface area contributed by atoms with Crippen LogP contribution < -0.4 is 0 Å². The Balaban J connectivity index is 2.92. The summed E-state index contributed by atoms with van der Waals surface area (Å²) in [4.78, 5) is 23.7. The van der Waals surface area contributed by atoms with Gasteiger partial charge >= 0.3 is 5.97 Å². The average molecular weight is 265 g/mol. The van der Waals surface area contributed by atoms with E-state index in [0.717, 1.165) is 0 Å². The summed E-state index contributed by atoms with van der Waals surface area (Å²) in [6.07, 6.45) is 2.76. The first-order chi connectivity index (χ1) is 9.02. The minimum absolute atomic E-state index is 0.141. The van der Waals surface area contributed by atoms with E-state index in [1.54, 1.807) is 20.8 Å². The Hall–Kier alpha value is -1.91. The van der Waals surface area contributed by atoms with Crippen LogP contribution in [0.5, 0.6) is 0 Å². The molecule has 0 radical (unpaired) electrons. The van der Waals surface area contributed by atoms with Crippen molar-refractivity contribution in [3.63, 3.8) is 0 Å². The molecule has 0 atom stereocenters. The SMILES string of the molecule is CCOC(=O)c1c(C)oc(C(=O)CCCC=N)c1C. The predicted molar refractivity (Wildman–Crippen MR) is 71.1 cm³/mol. The molecule has 0 saturated carbocycles. The van der Waals surface area contributed by atoms with Gasteiger partial charge in [0.1, 0.15) is 11.3 Å². The standard InChI is InChI=1S/C14H19NO4/c1-4-18-14(17)12-9(2)13(19-10(12)3)11(16)7-5-6-8-15/h8,15H,4-7H2,1-3H3. The lowest BCUT2D eigenvalue weighted by Gasteiger charge is -2.01. The molecule has 104 valence electrons. The first-order valence-corrected chi connectivity index (χ1v) is 6.32. The predicted octanol–water partition coefficient (Wildman–Crippen LogP) is 3.08. The molecule has 1 heterocycles.